The Kier molecular flexibility index (Phi) is 4.07. The number of aliphatic hydroxyl groups is 1. The summed E-state index contributed by atoms with van der Waals surface area (Å²) in [5.41, 5.74) is 5.36. The van der Waals surface area contributed by atoms with Gasteiger partial charge >= 0.3 is 0 Å². The van der Waals surface area contributed by atoms with Crippen LogP contribution in [-0.4, -0.2) is 49.3 Å². The third kappa shape index (κ3) is 2.81. The van der Waals surface area contributed by atoms with E-state index in [1.807, 2.05) is 0 Å². The van der Waals surface area contributed by atoms with E-state index < -0.39 is 10.0 Å². The molecule has 0 aromatic rings. The molecule has 2 rings (SSSR count). The van der Waals surface area contributed by atoms with Crippen molar-refractivity contribution in [1.82, 2.24) is 4.31 Å². The van der Waals surface area contributed by atoms with Gasteiger partial charge in [-0.3, -0.25) is 0 Å². The first kappa shape index (κ1) is 13.3. The molecule has 17 heavy (non-hydrogen) atoms. The van der Waals surface area contributed by atoms with Crippen LogP contribution < -0.4 is 5.73 Å². The SMILES string of the molecule is NCCCCS(=O)(=O)N1CC2CCC(O)C2C1. The van der Waals surface area contributed by atoms with Crippen LogP contribution in [0.2, 0.25) is 0 Å². The number of hydrogen-bond donors (Lipinski definition) is 2. The zero-order valence-corrected chi connectivity index (χ0v) is 10.9. The topological polar surface area (TPSA) is 83.6 Å². The highest BCUT2D eigenvalue weighted by Crippen LogP contribution is 2.39. The van der Waals surface area contributed by atoms with Gasteiger partial charge in [0, 0.05) is 19.0 Å². The third-order valence-electron chi connectivity index (χ3n) is 4.04. The summed E-state index contributed by atoms with van der Waals surface area (Å²) >= 11 is 0. The molecule has 6 heteroatoms. The fourth-order valence-electron chi connectivity index (χ4n) is 2.98. The van der Waals surface area contributed by atoms with E-state index in [1.54, 1.807) is 4.31 Å². The molecular formula is C11H22N2O3S. The molecule has 1 saturated carbocycles. The van der Waals surface area contributed by atoms with Crippen molar-refractivity contribution >= 4 is 10.0 Å². The van der Waals surface area contributed by atoms with Crippen molar-refractivity contribution in [2.24, 2.45) is 17.6 Å². The van der Waals surface area contributed by atoms with Gasteiger partial charge in [-0.05, 0) is 38.1 Å². The number of sulfonamides is 1. The first-order valence-electron chi connectivity index (χ1n) is 6.40. The van der Waals surface area contributed by atoms with E-state index in [-0.39, 0.29) is 17.8 Å². The van der Waals surface area contributed by atoms with Crippen molar-refractivity contribution < 1.29 is 13.5 Å². The lowest BCUT2D eigenvalue weighted by atomic mass is 10.00. The third-order valence-corrected chi connectivity index (χ3v) is 5.92. The molecule has 0 aromatic heterocycles. The van der Waals surface area contributed by atoms with Gasteiger partial charge in [0.2, 0.25) is 10.0 Å². The summed E-state index contributed by atoms with van der Waals surface area (Å²) in [6.45, 7) is 1.66. The van der Waals surface area contributed by atoms with Crippen molar-refractivity contribution in [3.63, 3.8) is 0 Å². The normalized spacial score (nSPS) is 34.1. The van der Waals surface area contributed by atoms with E-state index in [9.17, 15) is 13.5 Å². The van der Waals surface area contributed by atoms with Crippen LogP contribution in [0.1, 0.15) is 25.7 Å². The van der Waals surface area contributed by atoms with Gasteiger partial charge in [-0.25, -0.2) is 12.7 Å². The van der Waals surface area contributed by atoms with E-state index in [0.29, 0.717) is 32.0 Å². The van der Waals surface area contributed by atoms with E-state index in [2.05, 4.69) is 0 Å². The summed E-state index contributed by atoms with van der Waals surface area (Å²) in [6, 6.07) is 0. The highest BCUT2D eigenvalue weighted by atomic mass is 32.2. The second kappa shape index (κ2) is 5.22. The minimum atomic E-state index is -3.13. The van der Waals surface area contributed by atoms with Gasteiger partial charge in [0.15, 0.2) is 0 Å². The molecule has 2 aliphatic rings. The van der Waals surface area contributed by atoms with Gasteiger partial charge in [0.1, 0.15) is 0 Å². The summed E-state index contributed by atoms with van der Waals surface area (Å²) in [6.07, 6.45) is 2.87. The van der Waals surface area contributed by atoms with Gasteiger partial charge < -0.3 is 10.8 Å². The molecule has 0 aromatic carbocycles. The number of hydrogen-bond acceptors (Lipinski definition) is 4. The van der Waals surface area contributed by atoms with Crippen molar-refractivity contribution in [2.45, 2.75) is 31.8 Å². The van der Waals surface area contributed by atoms with Crippen LogP contribution in [0.25, 0.3) is 0 Å². The highest BCUT2D eigenvalue weighted by Gasteiger charge is 2.45. The molecule has 5 nitrogen and oxygen atoms in total. The van der Waals surface area contributed by atoms with Gasteiger partial charge in [-0.2, -0.15) is 0 Å². The molecule has 3 N–H and O–H groups in total. The maximum Gasteiger partial charge on any atom is 0.214 e. The molecule has 1 heterocycles. The predicted octanol–water partition coefficient (Wildman–Crippen LogP) is -0.242. The van der Waals surface area contributed by atoms with Crippen LogP contribution >= 0.6 is 0 Å². The van der Waals surface area contributed by atoms with Crippen LogP contribution in [0.3, 0.4) is 0 Å². The summed E-state index contributed by atoms with van der Waals surface area (Å²) in [4.78, 5) is 0. The molecule has 3 unspecified atom stereocenters. The molecule has 2 fully saturated rings. The van der Waals surface area contributed by atoms with Crippen LogP contribution in [-0.2, 0) is 10.0 Å². The predicted molar refractivity (Wildman–Crippen MR) is 65.9 cm³/mol. The fourth-order valence-corrected chi connectivity index (χ4v) is 4.63. The zero-order chi connectivity index (χ0) is 12.5. The number of nitrogens with two attached hydrogens (primary N) is 1. The van der Waals surface area contributed by atoms with E-state index >= 15 is 0 Å². The van der Waals surface area contributed by atoms with Crippen LogP contribution in [0.5, 0.6) is 0 Å². The molecule has 1 saturated heterocycles. The highest BCUT2D eigenvalue weighted by molar-refractivity contribution is 7.89. The van der Waals surface area contributed by atoms with Crippen molar-refractivity contribution in [2.75, 3.05) is 25.4 Å². The molecular weight excluding hydrogens is 240 g/mol. The summed E-state index contributed by atoms with van der Waals surface area (Å²) in [7, 11) is -3.13. The largest absolute Gasteiger partial charge is 0.393 e. The molecule has 0 amide bonds. The number of nitrogens with zero attached hydrogens (tertiary/aromatic N) is 1. The van der Waals surface area contributed by atoms with Crippen molar-refractivity contribution in [1.29, 1.82) is 0 Å². The lowest BCUT2D eigenvalue weighted by molar-refractivity contribution is 0.129. The van der Waals surface area contributed by atoms with E-state index in [1.165, 1.54) is 0 Å². The monoisotopic (exact) mass is 262 g/mol. The minimum absolute atomic E-state index is 0.166. The van der Waals surface area contributed by atoms with Crippen LogP contribution in [0, 0.1) is 11.8 Å². The number of fused-ring (bicyclic) bond motifs is 1. The average molecular weight is 262 g/mol. The molecule has 1 aliphatic heterocycles. The Labute approximate surface area is 103 Å². The molecule has 100 valence electrons. The second-order valence-electron chi connectivity index (χ2n) is 5.20. The van der Waals surface area contributed by atoms with E-state index in [0.717, 1.165) is 19.3 Å². The number of aliphatic hydroxyl groups excluding tert-OH is 1. The Morgan fingerprint density at radius 3 is 2.65 bits per heavy atom. The standard InChI is InChI=1S/C11H22N2O3S/c12-5-1-2-6-17(15,16)13-7-9-3-4-11(14)10(9)8-13/h9-11,14H,1-8,12H2. The lowest BCUT2D eigenvalue weighted by Gasteiger charge is -2.18. The van der Waals surface area contributed by atoms with Gasteiger partial charge in [0.25, 0.3) is 0 Å². The molecule has 3 atom stereocenters. The molecule has 0 radical (unpaired) electrons. The Bertz CT molecular complexity index is 358. The smallest absolute Gasteiger partial charge is 0.214 e. The fraction of sp³-hybridized carbons (Fsp3) is 1.00. The van der Waals surface area contributed by atoms with Crippen molar-refractivity contribution in [3.05, 3.63) is 0 Å². The Morgan fingerprint density at radius 2 is 2.00 bits per heavy atom. The van der Waals surface area contributed by atoms with Gasteiger partial charge in [-0.15, -0.1) is 0 Å². The summed E-state index contributed by atoms with van der Waals surface area (Å²) < 4.78 is 25.7. The van der Waals surface area contributed by atoms with Crippen LogP contribution in [0.4, 0.5) is 0 Å². The summed E-state index contributed by atoms with van der Waals surface area (Å²) in [5.74, 6) is 0.730. The van der Waals surface area contributed by atoms with Crippen molar-refractivity contribution in [3.8, 4) is 0 Å². The van der Waals surface area contributed by atoms with Gasteiger partial charge in [-0.1, -0.05) is 0 Å². The second-order valence-corrected chi connectivity index (χ2v) is 7.29. The summed E-state index contributed by atoms with van der Waals surface area (Å²) in [5, 5.41) is 9.76. The number of rotatable bonds is 5. The lowest BCUT2D eigenvalue weighted by Crippen LogP contribution is -2.33. The van der Waals surface area contributed by atoms with E-state index in [4.69, 9.17) is 5.73 Å². The molecule has 0 spiro atoms. The maximum atomic E-state index is 12.0. The Morgan fingerprint density at radius 1 is 1.24 bits per heavy atom. The van der Waals surface area contributed by atoms with Gasteiger partial charge in [0.05, 0.1) is 11.9 Å². The first-order chi connectivity index (χ1) is 8.04. The average Bonchev–Trinajstić information content (AvgIpc) is 2.82. The quantitative estimate of drug-likeness (QED) is 0.670. The number of unbranched alkanes of at least 4 members (excludes halogenated alkanes) is 1. The zero-order valence-electron chi connectivity index (χ0n) is 10.1. The Hall–Kier alpha value is -0.170. The molecule has 0 bridgehead atoms. The Balaban J connectivity index is 1.91. The minimum Gasteiger partial charge on any atom is -0.393 e. The first-order valence-corrected chi connectivity index (χ1v) is 8.01. The van der Waals surface area contributed by atoms with Crippen LogP contribution in [0.15, 0.2) is 0 Å². The molecule has 1 aliphatic carbocycles. The maximum absolute atomic E-state index is 12.0.